The van der Waals surface area contributed by atoms with E-state index in [0.29, 0.717) is 0 Å². The Balaban J connectivity index is 2.47. The van der Waals surface area contributed by atoms with Crippen LogP contribution in [0.2, 0.25) is 0 Å². The Labute approximate surface area is 165 Å². The molecule has 4 rings (SSSR count). The molecule has 4 aromatic rings. The van der Waals surface area contributed by atoms with E-state index in [1.165, 1.54) is 0 Å². The van der Waals surface area contributed by atoms with Crippen LogP contribution < -0.4 is 0 Å². The van der Waals surface area contributed by atoms with Crippen molar-refractivity contribution in [2.45, 2.75) is 0 Å². The van der Waals surface area contributed by atoms with E-state index in [1.54, 1.807) is 30.3 Å². The molecule has 132 valence electrons. The van der Waals surface area contributed by atoms with Crippen molar-refractivity contribution in [3.8, 4) is 36.4 Å². The van der Waals surface area contributed by atoms with E-state index in [2.05, 4.69) is 30.1 Å². The maximum Gasteiger partial charge on any atom is 0.181 e. The van der Waals surface area contributed by atoms with E-state index in [9.17, 15) is 31.6 Å². The zero-order valence-electron chi connectivity index (χ0n) is 14.4. The molecule has 0 fully saturated rings. The highest BCUT2D eigenvalue weighted by Gasteiger charge is 2.24. The lowest BCUT2D eigenvalue weighted by atomic mass is 10.0. The molecular formula is C18N12. The van der Waals surface area contributed by atoms with E-state index in [-0.39, 0.29) is 67.0 Å². The number of hydrogen-bond acceptors (Lipinski definition) is 12. The number of hydrogen-bond donors (Lipinski definition) is 0. The van der Waals surface area contributed by atoms with E-state index in [4.69, 9.17) is 0 Å². The molecule has 0 saturated carbocycles. The molecule has 0 aliphatic rings. The molecule has 0 radical (unpaired) electrons. The fraction of sp³-hybridized carbons (Fsp3) is 0. The van der Waals surface area contributed by atoms with Crippen LogP contribution in [-0.4, -0.2) is 30.1 Å². The first-order chi connectivity index (χ1) is 14.6. The molecule has 0 unspecified atom stereocenters. The van der Waals surface area contributed by atoms with Gasteiger partial charge in [0.05, 0.1) is 5.39 Å². The highest BCUT2D eigenvalue weighted by atomic mass is 15.1. The molecule has 0 aliphatic carbocycles. The van der Waals surface area contributed by atoms with Crippen molar-refractivity contribution in [1.82, 2.24) is 30.1 Å². The van der Waals surface area contributed by atoms with Gasteiger partial charge in [-0.05, 0) is 0 Å². The minimum atomic E-state index is -0.313. The molecule has 1 aromatic carbocycles. The lowest BCUT2D eigenvalue weighted by Crippen LogP contribution is -2.05. The van der Waals surface area contributed by atoms with E-state index in [1.807, 2.05) is 6.07 Å². The van der Waals surface area contributed by atoms with Crippen molar-refractivity contribution in [3.63, 3.8) is 0 Å². The van der Waals surface area contributed by atoms with Crippen molar-refractivity contribution < 1.29 is 0 Å². The molecule has 0 amide bonds. The van der Waals surface area contributed by atoms with Gasteiger partial charge in [0.2, 0.25) is 0 Å². The van der Waals surface area contributed by atoms with Gasteiger partial charge in [0, 0.05) is 0 Å². The lowest BCUT2D eigenvalue weighted by molar-refractivity contribution is 1.04. The van der Waals surface area contributed by atoms with Crippen LogP contribution in [0.3, 0.4) is 0 Å². The summed E-state index contributed by atoms with van der Waals surface area (Å²) in [4.78, 5) is 16.5. The number of aromatic nitrogens is 6. The van der Waals surface area contributed by atoms with Crippen LogP contribution in [-0.2, 0) is 0 Å². The SMILES string of the molecule is N#Cc1nc2c(nc1C#N)c1nnc(C#N)c(C#N)c1c1nc(C#N)c(C#N)nc21. The topological polar surface area (TPSA) is 220 Å². The monoisotopic (exact) mass is 384 g/mol. The normalized spacial score (nSPS) is 9.80. The molecule has 0 N–H and O–H groups in total. The smallest absolute Gasteiger partial charge is 0.181 e. The van der Waals surface area contributed by atoms with Gasteiger partial charge in [-0.1, -0.05) is 0 Å². The molecule has 30 heavy (non-hydrogen) atoms. The Bertz CT molecular complexity index is 1650. The number of fused-ring (bicyclic) bond motifs is 6. The van der Waals surface area contributed by atoms with Gasteiger partial charge in [-0.25, -0.2) is 19.9 Å². The summed E-state index contributed by atoms with van der Waals surface area (Å²) < 4.78 is 0. The maximum atomic E-state index is 9.62. The molecule has 3 aromatic heterocycles. The van der Waals surface area contributed by atoms with Crippen molar-refractivity contribution in [1.29, 1.82) is 31.6 Å². The summed E-state index contributed by atoms with van der Waals surface area (Å²) in [5, 5.41) is 63.8. The van der Waals surface area contributed by atoms with Crippen molar-refractivity contribution in [3.05, 3.63) is 34.0 Å². The summed E-state index contributed by atoms with van der Waals surface area (Å²) in [5.41, 5.74) is -1.86. The first-order valence-corrected chi connectivity index (χ1v) is 7.78. The molecule has 0 atom stereocenters. The first-order valence-electron chi connectivity index (χ1n) is 7.78. The summed E-state index contributed by atoms with van der Waals surface area (Å²) in [6, 6.07) is 10.6. The summed E-state index contributed by atoms with van der Waals surface area (Å²) in [7, 11) is 0. The number of benzene rings is 1. The Morgan fingerprint density at radius 3 is 1.23 bits per heavy atom. The fourth-order valence-electron chi connectivity index (χ4n) is 2.87. The maximum absolute atomic E-state index is 9.62. The number of nitrogens with zero attached hydrogens (tertiary/aromatic N) is 12. The Hall–Kier alpha value is -5.82. The van der Waals surface area contributed by atoms with Gasteiger partial charge in [0.25, 0.3) is 0 Å². The molecule has 0 spiro atoms. The van der Waals surface area contributed by atoms with Gasteiger partial charge in [0.15, 0.2) is 28.5 Å². The van der Waals surface area contributed by atoms with Gasteiger partial charge in [0.1, 0.15) is 69.6 Å². The fourth-order valence-corrected chi connectivity index (χ4v) is 2.87. The summed E-state index contributed by atoms with van der Waals surface area (Å²) in [6.07, 6.45) is 0. The molecule has 0 saturated heterocycles. The van der Waals surface area contributed by atoms with Crippen LogP contribution in [0, 0.1) is 68.0 Å². The predicted octanol–water partition coefficient (Wildman–Crippen LogP) is 0.746. The second-order valence-electron chi connectivity index (χ2n) is 5.55. The molecule has 3 heterocycles. The second-order valence-corrected chi connectivity index (χ2v) is 5.55. The minimum Gasteiger partial charge on any atom is -0.232 e. The standard InChI is InChI=1S/C18N12/c19-1-7-8(2-20)29-30-15-13(7)14-16(26-10(4-22)9(3-21)25-14)18-17(15)27-11(5-23)12(6-24)28-18. The third-order valence-corrected chi connectivity index (χ3v) is 4.09. The van der Waals surface area contributed by atoms with Crippen molar-refractivity contribution in [2.75, 3.05) is 0 Å². The average Bonchev–Trinajstić information content (AvgIpc) is 2.81. The second kappa shape index (κ2) is 6.41. The zero-order chi connectivity index (χ0) is 21.4. The predicted molar refractivity (Wildman–Crippen MR) is 94.0 cm³/mol. The molecule has 0 bridgehead atoms. The minimum absolute atomic E-state index is 0.0166. The van der Waals surface area contributed by atoms with Gasteiger partial charge >= 0.3 is 0 Å². The van der Waals surface area contributed by atoms with Crippen LogP contribution >= 0.6 is 0 Å². The molecular weight excluding hydrogens is 384 g/mol. The first kappa shape index (κ1) is 17.6. The van der Waals surface area contributed by atoms with Crippen molar-refractivity contribution >= 4 is 33.0 Å². The van der Waals surface area contributed by atoms with Crippen LogP contribution in [0.1, 0.15) is 34.0 Å². The Morgan fingerprint density at radius 1 is 0.400 bits per heavy atom. The average molecular weight is 384 g/mol. The molecule has 12 nitrogen and oxygen atoms in total. The highest BCUT2D eigenvalue weighted by Crippen LogP contribution is 2.33. The van der Waals surface area contributed by atoms with Gasteiger partial charge in [-0.3, -0.25) is 0 Å². The van der Waals surface area contributed by atoms with Crippen LogP contribution in [0.5, 0.6) is 0 Å². The van der Waals surface area contributed by atoms with Crippen LogP contribution in [0.25, 0.3) is 33.0 Å². The Kier molecular flexibility index (Phi) is 3.76. The van der Waals surface area contributed by atoms with E-state index < -0.39 is 0 Å². The zero-order valence-corrected chi connectivity index (χ0v) is 14.4. The third-order valence-electron chi connectivity index (χ3n) is 4.09. The van der Waals surface area contributed by atoms with Crippen LogP contribution in [0.15, 0.2) is 0 Å². The van der Waals surface area contributed by atoms with Crippen LogP contribution in [0.4, 0.5) is 0 Å². The van der Waals surface area contributed by atoms with E-state index >= 15 is 0 Å². The summed E-state index contributed by atoms with van der Waals surface area (Å²) >= 11 is 0. The number of rotatable bonds is 0. The quantitative estimate of drug-likeness (QED) is 0.383. The highest BCUT2D eigenvalue weighted by molar-refractivity contribution is 6.21. The lowest BCUT2D eigenvalue weighted by Gasteiger charge is -2.09. The van der Waals surface area contributed by atoms with Gasteiger partial charge in [-0.2, -0.15) is 31.6 Å². The molecule has 0 aliphatic heterocycles. The largest absolute Gasteiger partial charge is 0.232 e. The number of nitriles is 6. The van der Waals surface area contributed by atoms with Gasteiger partial charge < -0.3 is 0 Å². The summed E-state index contributed by atoms with van der Waals surface area (Å²) in [5.74, 6) is 0. The third kappa shape index (κ3) is 2.20. The van der Waals surface area contributed by atoms with Gasteiger partial charge in [-0.15, -0.1) is 10.2 Å². The Morgan fingerprint density at radius 2 is 0.800 bits per heavy atom. The molecule has 12 heteroatoms. The van der Waals surface area contributed by atoms with E-state index in [0.717, 1.165) is 0 Å². The summed E-state index contributed by atoms with van der Waals surface area (Å²) in [6.45, 7) is 0. The van der Waals surface area contributed by atoms with Crippen molar-refractivity contribution in [2.24, 2.45) is 0 Å².